The Balaban J connectivity index is 0.681. The van der Waals surface area contributed by atoms with Crippen molar-refractivity contribution < 1.29 is 53.1 Å². The van der Waals surface area contributed by atoms with Crippen molar-refractivity contribution in [1.29, 1.82) is 0 Å². The zero-order valence-electron chi connectivity index (χ0n) is 49.8. The molecule has 6 heterocycles. The zero-order valence-corrected chi connectivity index (χ0v) is 49.8. The van der Waals surface area contributed by atoms with Crippen LogP contribution in [0.5, 0.6) is 34.8 Å². The van der Waals surface area contributed by atoms with Crippen LogP contribution in [0.4, 0.5) is 22.7 Å². The third-order valence-corrected chi connectivity index (χ3v) is 16.4. The van der Waals surface area contributed by atoms with Gasteiger partial charge in [0, 0.05) is 118 Å². The van der Waals surface area contributed by atoms with Gasteiger partial charge in [0.05, 0.1) is 62.0 Å². The van der Waals surface area contributed by atoms with Gasteiger partial charge in [-0.1, -0.05) is 44.5 Å². The first-order valence-electron chi connectivity index (χ1n) is 29.4. The summed E-state index contributed by atoms with van der Waals surface area (Å²) in [6.07, 6.45) is 11.0. The van der Waals surface area contributed by atoms with Crippen LogP contribution >= 0.6 is 0 Å². The molecule has 21 nitrogen and oxygen atoms in total. The number of hydrogen-bond donors (Lipinski definition) is 5. The summed E-state index contributed by atoms with van der Waals surface area (Å²) < 4.78 is 25.3. The minimum absolute atomic E-state index is 0.00875. The number of aryl methyl sites for hydroxylation is 1. The summed E-state index contributed by atoms with van der Waals surface area (Å²) in [6.45, 7) is 11.9. The van der Waals surface area contributed by atoms with Gasteiger partial charge in [0.15, 0.2) is 34.8 Å². The van der Waals surface area contributed by atoms with Gasteiger partial charge in [-0.25, -0.2) is 0 Å². The SMILES string of the molecule is COc1cc2c(cc1OCCCOc1cc3c(cc1OC)C(=O)N1C=C(c4ccc(N5CCN(C)CC5)cc4)CC1C=N3)N=CC1CC(c3ccc(NC(=O)C(C)NC(=O)C(NC(=O)CCCCCn4c(O)cc(C)c4O)C(C)C)cc3)=CN1C2=O. The lowest BCUT2D eigenvalue weighted by molar-refractivity contribution is -0.131. The first kappa shape index (κ1) is 60.0. The lowest BCUT2D eigenvalue weighted by Crippen LogP contribution is -2.53. The van der Waals surface area contributed by atoms with Crippen molar-refractivity contribution in [3.8, 4) is 34.8 Å². The molecule has 0 aliphatic carbocycles. The van der Waals surface area contributed by atoms with Crippen molar-refractivity contribution in [2.45, 2.75) is 103 Å². The Kier molecular flexibility index (Phi) is 18.5. The van der Waals surface area contributed by atoms with Crippen molar-refractivity contribution in [1.82, 2.24) is 29.9 Å². The summed E-state index contributed by atoms with van der Waals surface area (Å²) in [6, 6.07) is 21.8. The van der Waals surface area contributed by atoms with E-state index in [1.165, 1.54) is 30.5 Å². The Bertz CT molecular complexity index is 3490. The standard InChI is InChI=1S/C65H76N10O11/c1-39(2)60(70-58(76)12-9-8-10-21-73-59(77)28-40(3)63(73)80)62(79)68-41(4)61(78)69-46-17-13-42(14-18-46)44-29-48-35-66-52-33-56(54(83-6)31-50(52)64(81)74(48)37-44)85-26-11-27-86-57-34-53-51(32-55(57)84-7)65(82)75-38-45(30-49(75)36-67-53)43-15-19-47(20-16-43)72-24-22-71(5)23-25-72/h13-20,28,31-39,41,48-49,60,77,80H,8-12,21-27,29-30H2,1-7H3,(H,68,79)(H,69,78)(H,70,76). The number of benzene rings is 4. The van der Waals surface area contributed by atoms with Crippen molar-refractivity contribution in [2.75, 3.05) is 70.9 Å². The normalized spacial score (nSPS) is 17.8. The molecule has 0 bridgehead atoms. The maximum atomic E-state index is 14.2. The summed E-state index contributed by atoms with van der Waals surface area (Å²) in [5.41, 5.74) is 7.94. The minimum atomic E-state index is -0.916. The first-order valence-corrected chi connectivity index (χ1v) is 29.4. The van der Waals surface area contributed by atoms with E-state index < -0.39 is 23.9 Å². The molecule has 0 spiro atoms. The van der Waals surface area contributed by atoms with E-state index in [1.807, 2.05) is 44.6 Å². The van der Waals surface area contributed by atoms with Crippen LogP contribution < -0.4 is 39.8 Å². The summed E-state index contributed by atoms with van der Waals surface area (Å²) in [5, 5.41) is 28.5. The highest BCUT2D eigenvalue weighted by atomic mass is 16.5. The number of hydrogen-bond acceptors (Lipinski definition) is 15. The van der Waals surface area contributed by atoms with Gasteiger partial charge < -0.3 is 64.7 Å². The van der Waals surface area contributed by atoms with E-state index in [4.69, 9.17) is 28.9 Å². The fourth-order valence-electron chi connectivity index (χ4n) is 11.3. The Hall–Kier alpha value is -9.11. The van der Waals surface area contributed by atoms with Gasteiger partial charge in [-0.3, -0.25) is 38.5 Å². The molecule has 10 rings (SSSR count). The quantitative estimate of drug-likeness (QED) is 0.0386. The molecule has 5 aliphatic heterocycles. The molecule has 0 saturated carbocycles. The first-order chi connectivity index (χ1) is 41.5. The van der Waals surface area contributed by atoms with Crippen molar-refractivity contribution in [3.63, 3.8) is 0 Å². The maximum Gasteiger partial charge on any atom is 0.260 e. The number of ether oxygens (including phenoxy) is 4. The van der Waals surface area contributed by atoms with E-state index in [9.17, 15) is 34.2 Å². The molecule has 5 N–H and O–H groups in total. The number of carbonyl (C=O) groups is 5. The van der Waals surface area contributed by atoms with Gasteiger partial charge in [0.2, 0.25) is 17.7 Å². The van der Waals surface area contributed by atoms with Crippen molar-refractivity contribution >= 4 is 75.9 Å². The molecule has 1 saturated heterocycles. The fraction of sp³-hybridized carbons (Fsp3) is 0.400. The number of amides is 5. The number of unbranched alkanes of at least 4 members (excludes halogenated alkanes) is 2. The second-order valence-corrected chi connectivity index (χ2v) is 22.8. The molecular formula is C65H76N10O11. The predicted molar refractivity (Wildman–Crippen MR) is 330 cm³/mol. The van der Waals surface area contributed by atoms with E-state index in [2.05, 4.69) is 57.1 Å². The lowest BCUT2D eigenvalue weighted by atomic mass is 10.0. The van der Waals surface area contributed by atoms with Gasteiger partial charge >= 0.3 is 0 Å². The summed E-state index contributed by atoms with van der Waals surface area (Å²) in [7, 11) is 5.20. The van der Waals surface area contributed by atoms with Crippen LogP contribution in [0, 0.1) is 12.8 Å². The zero-order chi connectivity index (χ0) is 60.8. The third-order valence-electron chi connectivity index (χ3n) is 16.4. The number of fused-ring (bicyclic) bond motifs is 4. The highest BCUT2D eigenvalue weighted by Gasteiger charge is 2.36. The largest absolute Gasteiger partial charge is 0.494 e. The van der Waals surface area contributed by atoms with Crippen LogP contribution in [0.25, 0.3) is 11.1 Å². The van der Waals surface area contributed by atoms with Crippen LogP contribution in [0.15, 0.2) is 101 Å². The molecule has 5 amide bonds. The van der Waals surface area contributed by atoms with Gasteiger partial charge in [-0.15, -0.1) is 0 Å². The second-order valence-electron chi connectivity index (χ2n) is 22.8. The van der Waals surface area contributed by atoms with Gasteiger partial charge in [-0.05, 0) is 98.3 Å². The fourth-order valence-corrected chi connectivity index (χ4v) is 11.3. The minimum Gasteiger partial charge on any atom is -0.494 e. The molecule has 21 heteroatoms. The number of aromatic hydroxyl groups is 2. The molecule has 5 aliphatic rings. The number of methoxy groups -OCH3 is 2. The van der Waals surface area contributed by atoms with Crippen LogP contribution in [0.1, 0.15) is 103 Å². The Morgan fingerprint density at radius 1 is 0.663 bits per heavy atom. The number of nitrogens with one attached hydrogen (secondary N) is 3. The van der Waals surface area contributed by atoms with Gasteiger partial charge in [-0.2, -0.15) is 0 Å². The van der Waals surface area contributed by atoms with E-state index in [0.717, 1.165) is 48.5 Å². The van der Waals surface area contributed by atoms with E-state index in [1.54, 1.807) is 66.3 Å². The predicted octanol–water partition coefficient (Wildman–Crippen LogP) is 8.61. The second kappa shape index (κ2) is 26.4. The topological polar surface area (TPSA) is 241 Å². The van der Waals surface area contributed by atoms with Crippen LogP contribution in [-0.4, -0.2) is 156 Å². The molecule has 1 fully saturated rings. The summed E-state index contributed by atoms with van der Waals surface area (Å²) >= 11 is 0. The van der Waals surface area contributed by atoms with E-state index in [0.29, 0.717) is 102 Å². The molecule has 4 unspecified atom stereocenters. The number of carbonyl (C=O) groups excluding carboxylic acids is 5. The van der Waals surface area contributed by atoms with E-state index >= 15 is 0 Å². The highest BCUT2D eigenvalue weighted by molar-refractivity contribution is 6.07. The molecule has 1 aromatic heterocycles. The van der Waals surface area contributed by atoms with Crippen molar-refractivity contribution in [2.24, 2.45) is 15.9 Å². The highest BCUT2D eigenvalue weighted by Crippen LogP contribution is 2.42. The lowest BCUT2D eigenvalue weighted by Gasteiger charge is -2.34. The number of aromatic nitrogens is 1. The Morgan fingerprint density at radius 3 is 1.72 bits per heavy atom. The molecule has 86 heavy (non-hydrogen) atoms. The molecule has 4 atom stereocenters. The third kappa shape index (κ3) is 13.4. The van der Waals surface area contributed by atoms with Crippen LogP contribution in [0.3, 0.4) is 0 Å². The number of piperazine rings is 1. The molecule has 452 valence electrons. The number of aliphatic imine (C=N–C) groups is 2. The molecular weight excluding hydrogens is 1100 g/mol. The van der Waals surface area contributed by atoms with Crippen molar-refractivity contribution in [3.05, 3.63) is 119 Å². The Morgan fingerprint density at radius 2 is 1.21 bits per heavy atom. The average molecular weight is 1170 g/mol. The maximum absolute atomic E-state index is 14.2. The number of rotatable bonds is 23. The summed E-state index contributed by atoms with van der Waals surface area (Å²) in [4.78, 5) is 85.4. The summed E-state index contributed by atoms with van der Waals surface area (Å²) in [5.74, 6) is -0.199. The van der Waals surface area contributed by atoms with Gasteiger partial charge in [0.25, 0.3) is 11.8 Å². The molecule has 4 aromatic carbocycles. The number of likely N-dealkylation sites (N-methyl/N-ethyl adjacent to an activating group) is 1. The van der Waals surface area contributed by atoms with E-state index in [-0.39, 0.29) is 67.1 Å². The number of anilines is 2. The smallest absolute Gasteiger partial charge is 0.260 e. The van der Waals surface area contributed by atoms with Gasteiger partial charge in [0.1, 0.15) is 12.1 Å². The monoisotopic (exact) mass is 1170 g/mol. The Labute approximate surface area is 501 Å². The molecule has 5 aromatic rings. The average Bonchev–Trinajstić information content (AvgIpc) is 2.13. The van der Waals surface area contributed by atoms with Crippen LogP contribution in [-0.2, 0) is 20.9 Å². The molecule has 0 radical (unpaired) electrons. The number of nitrogens with zero attached hydrogens (tertiary/aromatic N) is 7. The van der Waals surface area contributed by atoms with Crippen LogP contribution in [0.2, 0.25) is 0 Å².